The molecule has 2 nitrogen and oxygen atoms in total. The van der Waals surface area contributed by atoms with Gasteiger partial charge in [-0.05, 0) is 37.8 Å². The van der Waals surface area contributed by atoms with Crippen LogP contribution >= 0.6 is 0 Å². The lowest BCUT2D eigenvalue weighted by Gasteiger charge is -2.28. The van der Waals surface area contributed by atoms with Gasteiger partial charge in [0.15, 0.2) is 0 Å². The van der Waals surface area contributed by atoms with Crippen molar-refractivity contribution in [2.24, 2.45) is 11.8 Å². The Balaban J connectivity index is 1.86. The molecule has 2 fully saturated rings. The molecule has 0 amide bonds. The number of nitrogens with one attached hydrogen (secondary N) is 1. The van der Waals surface area contributed by atoms with E-state index >= 15 is 0 Å². The fourth-order valence-corrected chi connectivity index (χ4v) is 3.37. The fourth-order valence-electron chi connectivity index (χ4n) is 3.37. The van der Waals surface area contributed by atoms with E-state index in [0.29, 0.717) is 0 Å². The number of likely N-dealkylation sites (tertiary alicyclic amines) is 1. The molecule has 0 saturated carbocycles. The Bertz CT molecular complexity index is 175. The molecule has 2 heteroatoms. The molecule has 0 aromatic carbocycles. The van der Waals surface area contributed by atoms with Crippen molar-refractivity contribution < 1.29 is 0 Å². The summed E-state index contributed by atoms with van der Waals surface area (Å²) in [5.41, 5.74) is 0. The Morgan fingerprint density at radius 3 is 2.07 bits per heavy atom. The van der Waals surface area contributed by atoms with Crippen molar-refractivity contribution >= 4 is 0 Å². The summed E-state index contributed by atoms with van der Waals surface area (Å²) in [6.45, 7) is 9.91. The molecule has 0 aromatic rings. The third-order valence-corrected chi connectivity index (χ3v) is 4.18. The van der Waals surface area contributed by atoms with Gasteiger partial charge in [0, 0.05) is 19.1 Å². The second kappa shape index (κ2) is 5.31. The van der Waals surface area contributed by atoms with Crippen molar-refractivity contribution in [1.82, 2.24) is 10.2 Å². The first kappa shape index (κ1) is 11.4. The van der Waals surface area contributed by atoms with Crippen molar-refractivity contribution in [2.45, 2.75) is 45.6 Å². The lowest BCUT2D eigenvalue weighted by Crippen LogP contribution is -2.35. The monoisotopic (exact) mass is 210 g/mol. The first-order valence-corrected chi connectivity index (χ1v) is 6.79. The molecular formula is C13H26N2. The highest BCUT2D eigenvalue weighted by atomic mass is 15.2. The molecule has 0 aliphatic carbocycles. The van der Waals surface area contributed by atoms with E-state index in [9.17, 15) is 0 Å². The molecule has 0 radical (unpaired) electrons. The smallest absolute Gasteiger partial charge is 0.00953 e. The molecule has 2 rings (SSSR count). The highest BCUT2D eigenvalue weighted by Crippen LogP contribution is 2.29. The fraction of sp³-hybridized carbons (Fsp3) is 1.00. The van der Waals surface area contributed by atoms with Gasteiger partial charge in [-0.15, -0.1) is 0 Å². The highest BCUT2D eigenvalue weighted by molar-refractivity contribution is 4.93. The van der Waals surface area contributed by atoms with Crippen LogP contribution in [0.15, 0.2) is 0 Å². The van der Waals surface area contributed by atoms with Crippen molar-refractivity contribution in [2.75, 3.05) is 26.2 Å². The largest absolute Gasteiger partial charge is 0.316 e. The van der Waals surface area contributed by atoms with Crippen LogP contribution in [-0.2, 0) is 0 Å². The van der Waals surface area contributed by atoms with Crippen molar-refractivity contribution in [3.8, 4) is 0 Å². The summed E-state index contributed by atoms with van der Waals surface area (Å²) in [6, 6.07) is 0.880. The molecule has 2 saturated heterocycles. The summed E-state index contributed by atoms with van der Waals surface area (Å²) < 4.78 is 0. The van der Waals surface area contributed by atoms with Gasteiger partial charge in [0.1, 0.15) is 0 Å². The van der Waals surface area contributed by atoms with Crippen LogP contribution in [0.4, 0.5) is 0 Å². The highest BCUT2D eigenvalue weighted by Gasteiger charge is 2.37. The second-order valence-corrected chi connectivity index (χ2v) is 5.36. The Morgan fingerprint density at radius 1 is 1.07 bits per heavy atom. The van der Waals surface area contributed by atoms with E-state index in [0.717, 1.165) is 17.9 Å². The zero-order valence-electron chi connectivity index (χ0n) is 10.3. The zero-order valence-corrected chi connectivity index (χ0v) is 10.3. The Hall–Kier alpha value is -0.0800. The van der Waals surface area contributed by atoms with Gasteiger partial charge in [0.25, 0.3) is 0 Å². The van der Waals surface area contributed by atoms with E-state index in [1.165, 1.54) is 51.9 Å². The van der Waals surface area contributed by atoms with Gasteiger partial charge in [0.05, 0.1) is 0 Å². The SMILES string of the molecule is CCCC(CCC)N1CC2CNCC2C1. The minimum atomic E-state index is 0.880. The topological polar surface area (TPSA) is 15.3 Å². The molecule has 2 heterocycles. The van der Waals surface area contributed by atoms with Crippen molar-refractivity contribution in [1.29, 1.82) is 0 Å². The molecule has 0 aromatic heterocycles. The van der Waals surface area contributed by atoms with Crippen molar-refractivity contribution in [3.05, 3.63) is 0 Å². The first-order valence-electron chi connectivity index (χ1n) is 6.79. The molecule has 0 bridgehead atoms. The second-order valence-electron chi connectivity index (χ2n) is 5.36. The molecule has 2 aliphatic heterocycles. The molecule has 1 N–H and O–H groups in total. The predicted molar refractivity (Wildman–Crippen MR) is 65.0 cm³/mol. The number of rotatable bonds is 5. The summed E-state index contributed by atoms with van der Waals surface area (Å²) in [4.78, 5) is 2.78. The van der Waals surface area contributed by atoms with Crippen LogP contribution in [-0.4, -0.2) is 37.1 Å². The molecule has 15 heavy (non-hydrogen) atoms. The van der Waals surface area contributed by atoms with Gasteiger partial charge in [-0.1, -0.05) is 26.7 Å². The van der Waals surface area contributed by atoms with Crippen LogP contribution < -0.4 is 5.32 Å². The van der Waals surface area contributed by atoms with E-state index in [1.807, 2.05) is 0 Å². The van der Waals surface area contributed by atoms with Crippen LogP contribution in [0.3, 0.4) is 0 Å². The number of hydrogen-bond donors (Lipinski definition) is 1. The van der Waals surface area contributed by atoms with Gasteiger partial charge in [-0.25, -0.2) is 0 Å². The van der Waals surface area contributed by atoms with Gasteiger partial charge in [-0.2, -0.15) is 0 Å². The van der Waals surface area contributed by atoms with Gasteiger partial charge in [0.2, 0.25) is 0 Å². The summed E-state index contributed by atoms with van der Waals surface area (Å²) in [5.74, 6) is 1.92. The number of fused-ring (bicyclic) bond motifs is 1. The van der Waals surface area contributed by atoms with Gasteiger partial charge < -0.3 is 5.32 Å². The number of nitrogens with zero attached hydrogens (tertiary/aromatic N) is 1. The number of hydrogen-bond acceptors (Lipinski definition) is 2. The van der Waals surface area contributed by atoms with E-state index in [2.05, 4.69) is 24.1 Å². The molecule has 0 spiro atoms. The minimum absolute atomic E-state index is 0.880. The van der Waals surface area contributed by atoms with Crippen LogP contribution in [0.1, 0.15) is 39.5 Å². The lowest BCUT2D eigenvalue weighted by atomic mass is 10.0. The summed E-state index contributed by atoms with van der Waals surface area (Å²) in [5, 5.41) is 3.52. The van der Waals surface area contributed by atoms with Gasteiger partial charge in [-0.3, -0.25) is 4.90 Å². The summed E-state index contributed by atoms with van der Waals surface area (Å²) in [7, 11) is 0. The maximum atomic E-state index is 3.52. The average molecular weight is 210 g/mol. The molecule has 2 unspecified atom stereocenters. The molecule has 2 aliphatic rings. The Kier molecular flexibility index (Phi) is 4.04. The Morgan fingerprint density at radius 2 is 1.60 bits per heavy atom. The zero-order chi connectivity index (χ0) is 10.7. The maximum absolute atomic E-state index is 3.52. The molecular weight excluding hydrogens is 184 g/mol. The van der Waals surface area contributed by atoms with Crippen LogP contribution in [0.2, 0.25) is 0 Å². The van der Waals surface area contributed by atoms with Crippen LogP contribution in [0, 0.1) is 11.8 Å². The van der Waals surface area contributed by atoms with Crippen LogP contribution in [0.25, 0.3) is 0 Å². The summed E-state index contributed by atoms with van der Waals surface area (Å²) in [6.07, 6.45) is 5.49. The average Bonchev–Trinajstić information content (AvgIpc) is 2.76. The van der Waals surface area contributed by atoms with E-state index < -0.39 is 0 Å². The quantitative estimate of drug-likeness (QED) is 0.747. The normalized spacial score (nSPS) is 31.4. The van der Waals surface area contributed by atoms with E-state index in [1.54, 1.807) is 0 Å². The Labute approximate surface area is 94.4 Å². The predicted octanol–water partition coefficient (Wildman–Crippen LogP) is 2.11. The third-order valence-electron chi connectivity index (χ3n) is 4.18. The molecule has 2 atom stereocenters. The van der Waals surface area contributed by atoms with Crippen LogP contribution in [0.5, 0.6) is 0 Å². The third kappa shape index (κ3) is 2.54. The van der Waals surface area contributed by atoms with E-state index in [-0.39, 0.29) is 0 Å². The van der Waals surface area contributed by atoms with Gasteiger partial charge >= 0.3 is 0 Å². The first-order chi connectivity index (χ1) is 7.35. The van der Waals surface area contributed by atoms with Crippen molar-refractivity contribution in [3.63, 3.8) is 0 Å². The standard InChI is InChI=1S/C13H26N2/c1-3-5-13(6-4-2)15-9-11-7-14-8-12(11)10-15/h11-14H,3-10H2,1-2H3. The maximum Gasteiger partial charge on any atom is 0.00953 e. The van der Waals surface area contributed by atoms with E-state index in [4.69, 9.17) is 0 Å². The summed E-state index contributed by atoms with van der Waals surface area (Å²) >= 11 is 0. The lowest BCUT2D eigenvalue weighted by molar-refractivity contribution is 0.202. The minimum Gasteiger partial charge on any atom is -0.316 e. The molecule has 88 valence electrons.